The highest BCUT2D eigenvalue weighted by atomic mass is 16.5. The number of carbonyl (C=O) groups excluding carboxylic acids is 2. The monoisotopic (exact) mass is 317 g/mol. The molecule has 0 bridgehead atoms. The van der Waals surface area contributed by atoms with Gasteiger partial charge in [-0.1, -0.05) is 6.07 Å². The molecule has 2 aliphatic heterocycles. The van der Waals surface area contributed by atoms with Gasteiger partial charge in [-0.3, -0.25) is 19.5 Å². The lowest BCUT2D eigenvalue weighted by atomic mass is 9.92. The van der Waals surface area contributed by atoms with Gasteiger partial charge in [0.2, 0.25) is 5.91 Å². The number of pyridine rings is 1. The molecule has 2 saturated heterocycles. The Labute approximate surface area is 136 Å². The Bertz CT molecular complexity index is 543. The Morgan fingerprint density at radius 2 is 2.04 bits per heavy atom. The smallest absolute Gasteiger partial charge is 0.236 e. The van der Waals surface area contributed by atoms with Crippen LogP contribution in [0, 0.1) is 5.92 Å². The van der Waals surface area contributed by atoms with Crippen molar-refractivity contribution in [2.24, 2.45) is 5.92 Å². The van der Waals surface area contributed by atoms with Crippen LogP contribution in [0.4, 0.5) is 0 Å². The van der Waals surface area contributed by atoms with Crippen molar-refractivity contribution >= 4 is 11.7 Å². The van der Waals surface area contributed by atoms with Crippen molar-refractivity contribution < 1.29 is 14.3 Å². The molecule has 1 atom stereocenters. The summed E-state index contributed by atoms with van der Waals surface area (Å²) in [5.74, 6) is 0.171. The molecule has 0 saturated carbocycles. The second-order valence-corrected chi connectivity index (χ2v) is 6.15. The molecule has 23 heavy (non-hydrogen) atoms. The minimum Gasteiger partial charge on any atom is -0.378 e. The molecule has 124 valence electrons. The summed E-state index contributed by atoms with van der Waals surface area (Å²) in [5.41, 5.74) is 0.527. The van der Waals surface area contributed by atoms with Crippen molar-refractivity contribution in [3.05, 3.63) is 30.1 Å². The van der Waals surface area contributed by atoms with Gasteiger partial charge in [0.25, 0.3) is 0 Å². The third kappa shape index (κ3) is 4.14. The standard InChI is InChI=1S/C17H23N3O3/c21-16(20-8-10-23-11-9-20)13-19-7-3-4-14(12-19)17(22)15-5-1-2-6-18-15/h1-2,5-6,14H,3-4,7-13H2/t14-/m0/s1. The molecule has 6 heteroatoms. The number of ketones is 1. The van der Waals surface area contributed by atoms with Crippen LogP contribution in [-0.2, 0) is 9.53 Å². The number of aromatic nitrogens is 1. The Morgan fingerprint density at radius 1 is 1.22 bits per heavy atom. The molecule has 0 N–H and O–H groups in total. The number of hydrogen-bond donors (Lipinski definition) is 0. The lowest BCUT2D eigenvalue weighted by molar-refractivity contribution is -0.136. The zero-order valence-corrected chi connectivity index (χ0v) is 13.3. The number of nitrogens with zero attached hydrogens (tertiary/aromatic N) is 3. The van der Waals surface area contributed by atoms with Crippen LogP contribution in [0.3, 0.4) is 0 Å². The summed E-state index contributed by atoms with van der Waals surface area (Å²) < 4.78 is 5.28. The quantitative estimate of drug-likeness (QED) is 0.770. The second kappa shape index (κ2) is 7.66. The average molecular weight is 317 g/mol. The molecule has 3 rings (SSSR count). The molecule has 0 spiro atoms. The Hall–Kier alpha value is -1.79. The maximum atomic E-state index is 12.5. The summed E-state index contributed by atoms with van der Waals surface area (Å²) in [6.07, 6.45) is 3.47. The van der Waals surface area contributed by atoms with Gasteiger partial charge in [0.1, 0.15) is 5.69 Å². The van der Waals surface area contributed by atoms with E-state index in [9.17, 15) is 9.59 Å². The van der Waals surface area contributed by atoms with E-state index in [4.69, 9.17) is 4.74 Å². The van der Waals surface area contributed by atoms with Crippen LogP contribution in [0.5, 0.6) is 0 Å². The lowest BCUT2D eigenvalue weighted by Gasteiger charge is -2.34. The molecular formula is C17H23N3O3. The number of hydrogen-bond acceptors (Lipinski definition) is 5. The van der Waals surface area contributed by atoms with E-state index >= 15 is 0 Å². The number of ether oxygens (including phenoxy) is 1. The first-order valence-corrected chi connectivity index (χ1v) is 8.27. The Kier molecular flexibility index (Phi) is 5.35. The first-order chi connectivity index (χ1) is 11.2. The Balaban J connectivity index is 1.55. The van der Waals surface area contributed by atoms with E-state index in [0.29, 0.717) is 45.1 Å². The third-order valence-electron chi connectivity index (χ3n) is 4.52. The first-order valence-electron chi connectivity index (χ1n) is 8.27. The predicted octanol–water partition coefficient (Wildman–Crippen LogP) is 0.835. The molecule has 3 heterocycles. The fourth-order valence-electron chi connectivity index (χ4n) is 3.23. The molecule has 6 nitrogen and oxygen atoms in total. The van der Waals surface area contributed by atoms with Crippen LogP contribution < -0.4 is 0 Å². The number of rotatable bonds is 4. The van der Waals surface area contributed by atoms with Gasteiger partial charge in [0, 0.05) is 31.7 Å². The summed E-state index contributed by atoms with van der Waals surface area (Å²) in [4.78, 5) is 33.0. The molecule has 1 amide bonds. The average Bonchev–Trinajstić information content (AvgIpc) is 2.63. The largest absolute Gasteiger partial charge is 0.378 e. The molecule has 0 aliphatic carbocycles. The minimum atomic E-state index is -0.0591. The van der Waals surface area contributed by atoms with Gasteiger partial charge < -0.3 is 9.64 Å². The normalized spacial score (nSPS) is 22.8. The first kappa shape index (κ1) is 16.1. The van der Waals surface area contributed by atoms with Gasteiger partial charge >= 0.3 is 0 Å². The van der Waals surface area contributed by atoms with Crippen molar-refractivity contribution in [2.75, 3.05) is 45.9 Å². The highest BCUT2D eigenvalue weighted by Gasteiger charge is 2.29. The lowest BCUT2D eigenvalue weighted by Crippen LogP contribution is -2.48. The summed E-state index contributed by atoms with van der Waals surface area (Å²) in [7, 11) is 0. The van der Waals surface area contributed by atoms with Crippen molar-refractivity contribution in [3.8, 4) is 0 Å². The van der Waals surface area contributed by atoms with Gasteiger partial charge in [-0.15, -0.1) is 0 Å². The molecular weight excluding hydrogens is 294 g/mol. The van der Waals surface area contributed by atoms with E-state index < -0.39 is 0 Å². The maximum absolute atomic E-state index is 12.5. The zero-order chi connectivity index (χ0) is 16.1. The van der Waals surface area contributed by atoms with Gasteiger partial charge in [-0.05, 0) is 31.5 Å². The summed E-state index contributed by atoms with van der Waals surface area (Å²) in [5, 5.41) is 0. The molecule has 0 aromatic carbocycles. The maximum Gasteiger partial charge on any atom is 0.236 e. The van der Waals surface area contributed by atoms with Gasteiger partial charge in [-0.25, -0.2) is 0 Å². The van der Waals surface area contributed by atoms with E-state index in [2.05, 4.69) is 9.88 Å². The molecule has 2 fully saturated rings. The van der Waals surface area contributed by atoms with Crippen LogP contribution in [-0.4, -0.2) is 72.4 Å². The number of piperidine rings is 1. The fraction of sp³-hybridized carbons (Fsp3) is 0.588. The van der Waals surface area contributed by atoms with E-state index in [1.54, 1.807) is 12.3 Å². The highest BCUT2D eigenvalue weighted by molar-refractivity contribution is 5.96. The summed E-state index contributed by atoms with van der Waals surface area (Å²) in [6.45, 7) is 4.49. The van der Waals surface area contributed by atoms with Crippen LogP contribution in [0.2, 0.25) is 0 Å². The van der Waals surface area contributed by atoms with Crippen LogP contribution in [0.25, 0.3) is 0 Å². The van der Waals surface area contributed by atoms with Crippen LogP contribution in [0.15, 0.2) is 24.4 Å². The Morgan fingerprint density at radius 3 is 2.78 bits per heavy atom. The van der Waals surface area contributed by atoms with Crippen molar-refractivity contribution in [1.82, 2.24) is 14.8 Å². The van der Waals surface area contributed by atoms with Crippen molar-refractivity contribution in [1.29, 1.82) is 0 Å². The highest BCUT2D eigenvalue weighted by Crippen LogP contribution is 2.20. The zero-order valence-electron chi connectivity index (χ0n) is 13.3. The number of morpholine rings is 1. The number of Topliss-reactive ketones (excluding diaryl/α,β-unsaturated/α-hetero) is 1. The van der Waals surface area contributed by atoms with E-state index in [1.165, 1.54) is 0 Å². The number of amides is 1. The minimum absolute atomic E-state index is 0.0591. The van der Waals surface area contributed by atoms with E-state index in [1.807, 2.05) is 17.0 Å². The molecule has 2 aliphatic rings. The molecule has 0 radical (unpaired) electrons. The van der Waals surface area contributed by atoms with Crippen molar-refractivity contribution in [3.63, 3.8) is 0 Å². The van der Waals surface area contributed by atoms with Crippen molar-refractivity contribution in [2.45, 2.75) is 12.8 Å². The van der Waals surface area contributed by atoms with E-state index in [-0.39, 0.29) is 17.6 Å². The predicted molar refractivity (Wildman–Crippen MR) is 85.1 cm³/mol. The molecule has 1 aromatic rings. The topological polar surface area (TPSA) is 62.7 Å². The SMILES string of the molecule is O=C(c1ccccn1)[C@H]1CCCN(CC(=O)N2CCOCC2)C1. The molecule has 1 aromatic heterocycles. The summed E-state index contributed by atoms with van der Waals surface area (Å²) in [6, 6.07) is 5.41. The molecule has 0 unspecified atom stereocenters. The van der Waals surface area contributed by atoms with Gasteiger partial charge in [0.05, 0.1) is 19.8 Å². The van der Waals surface area contributed by atoms with Gasteiger partial charge in [-0.2, -0.15) is 0 Å². The van der Waals surface area contributed by atoms with Gasteiger partial charge in [0.15, 0.2) is 5.78 Å². The van der Waals surface area contributed by atoms with Crippen LogP contribution in [0.1, 0.15) is 23.3 Å². The second-order valence-electron chi connectivity index (χ2n) is 6.15. The summed E-state index contributed by atoms with van der Waals surface area (Å²) >= 11 is 0. The third-order valence-corrected chi connectivity index (χ3v) is 4.52. The number of carbonyl (C=O) groups is 2. The van der Waals surface area contributed by atoms with Crippen LogP contribution >= 0.6 is 0 Å². The number of likely N-dealkylation sites (tertiary alicyclic amines) is 1. The fourth-order valence-corrected chi connectivity index (χ4v) is 3.23. The van der Waals surface area contributed by atoms with E-state index in [0.717, 1.165) is 19.4 Å².